The van der Waals surface area contributed by atoms with E-state index in [4.69, 9.17) is 4.74 Å². The number of aromatic nitrogens is 2. The Morgan fingerprint density at radius 2 is 1.90 bits per heavy atom. The van der Waals surface area contributed by atoms with E-state index in [0.29, 0.717) is 22.5 Å². The number of ether oxygens (including phenoxy) is 1. The fourth-order valence-electron chi connectivity index (χ4n) is 1.98. The van der Waals surface area contributed by atoms with Crippen molar-refractivity contribution in [2.75, 3.05) is 12.4 Å². The average molecular weight is 287 g/mol. The first-order valence-corrected chi connectivity index (χ1v) is 6.18. The SMILES string of the molecule is COc1ccc2ncnc(Nc3cc(F)ccc3F)c2c1. The molecule has 1 N–H and O–H groups in total. The molecule has 0 aliphatic heterocycles. The first-order chi connectivity index (χ1) is 10.2. The van der Waals surface area contributed by atoms with E-state index in [0.717, 1.165) is 18.2 Å². The van der Waals surface area contributed by atoms with Crippen LogP contribution >= 0.6 is 0 Å². The van der Waals surface area contributed by atoms with Gasteiger partial charge in [0.15, 0.2) is 0 Å². The van der Waals surface area contributed by atoms with Gasteiger partial charge in [-0.2, -0.15) is 0 Å². The van der Waals surface area contributed by atoms with Crippen LogP contribution in [0.25, 0.3) is 10.9 Å². The van der Waals surface area contributed by atoms with Gasteiger partial charge in [0.1, 0.15) is 29.5 Å². The van der Waals surface area contributed by atoms with Crippen LogP contribution in [0.3, 0.4) is 0 Å². The van der Waals surface area contributed by atoms with Crippen molar-refractivity contribution < 1.29 is 13.5 Å². The molecule has 0 saturated carbocycles. The van der Waals surface area contributed by atoms with Crippen LogP contribution in [0.15, 0.2) is 42.7 Å². The van der Waals surface area contributed by atoms with E-state index in [2.05, 4.69) is 15.3 Å². The third-order valence-electron chi connectivity index (χ3n) is 3.02. The van der Waals surface area contributed by atoms with Crippen molar-refractivity contribution in [3.63, 3.8) is 0 Å². The number of benzene rings is 2. The Balaban J connectivity index is 2.09. The Labute approximate surface area is 119 Å². The number of methoxy groups -OCH3 is 1. The number of nitrogens with one attached hydrogen (secondary N) is 1. The normalized spacial score (nSPS) is 10.6. The molecule has 4 nitrogen and oxygen atoms in total. The molecular formula is C15H11F2N3O. The third kappa shape index (κ3) is 2.60. The molecule has 0 saturated heterocycles. The minimum absolute atomic E-state index is 0.0119. The van der Waals surface area contributed by atoms with Gasteiger partial charge in [0, 0.05) is 11.5 Å². The summed E-state index contributed by atoms with van der Waals surface area (Å²) in [5, 5.41) is 3.44. The second kappa shape index (κ2) is 5.32. The summed E-state index contributed by atoms with van der Waals surface area (Å²) in [5.74, 6) is -0.0932. The molecule has 106 valence electrons. The van der Waals surface area contributed by atoms with Gasteiger partial charge in [-0.05, 0) is 30.3 Å². The van der Waals surface area contributed by atoms with Crippen molar-refractivity contribution in [2.45, 2.75) is 0 Å². The molecule has 21 heavy (non-hydrogen) atoms. The molecule has 0 bridgehead atoms. The van der Waals surface area contributed by atoms with Gasteiger partial charge in [-0.1, -0.05) is 0 Å². The average Bonchev–Trinajstić information content (AvgIpc) is 2.51. The molecule has 2 aromatic carbocycles. The minimum atomic E-state index is -0.564. The fraction of sp³-hybridized carbons (Fsp3) is 0.0667. The van der Waals surface area contributed by atoms with Crippen molar-refractivity contribution >= 4 is 22.4 Å². The minimum Gasteiger partial charge on any atom is -0.497 e. The molecule has 0 radical (unpaired) electrons. The third-order valence-corrected chi connectivity index (χ3v) is 3.02. The van der Waals surface area contributed by atoms with Gasteiger partial charge in [0.05, 0.1) is 18.3 Å². The van der Waals surface area contributed by atoms with Gasteiger partial charge in [-0.15, -0.1) is 0 Å². The van der Waals surface area contributed by atoms with E-state index in [9.17, 15) is 8.78 Å². The monoisotopic (exact) mass is 287 g/mol. The maximum atomic E-state index is 13.7. The van der Waals surface area contributed by atoms with Crippen LogP contribution in [0.1, 0.15) is 0 Å². The quantitative estimate of drug-likeness (QED) is 0.798. The zero-order valence-electron chi connectivity index (χ0n) is 11.1. The van der Waals surface area contributed by atoms with E-state index < -0.39 is 11.6 Å². The van der Waals surface area contributed by atoms with Crippen molar-refractivity contribution in [3.8, 4) is 5.75 Å². The summed E-state index contributed by atoms with van der Waals surface area (Å²) in [5.41, 5.74) is 0.683. The van der Waals surface area contributed by atoms with Gasteiger partial charge < -0.3 is 10.1 Å². The van der Waals surface area contributed by atoms with Crippen LogP contribution < -0.4 is 10.1 Å². The summed E-state index contributed by atoms with van der Waals surface area (Å²) in [6.45, 7) is 0. The smallest absolute Gasteiger partial charge is 0.146 e. The first kappa shape index (κ1) is 13.2. The van der Waals surface area contributed by atoms with Gasteiger partial charge >= 0.3 is 0 Å². The molecule has 0 atom stereocenters. The zero-order valence-corrected chi connectivity index (χ0v) is 11.1. The van der Waals surface area contributed by atoms with Crippen LogP contribution in [-0.4, -0.2) is 17.1 Å². The lowest BCUT2D eigenvalue weighted by molar-refractivity contribution is 0.415. The van der Waals surface area contributed by atoms with Crippen molar-refractivity contribution in [2.24, 2.45) is 0 Å². The maximum Gasteiger partial charge on any atom is 0.146 e. The lowest BCUT2D eigenvalue weighted by Crippen LogP contribution is -1.99. The lowest BCUT2D eigenvalue weighted by Gasteiger charge is -2.10. The summed E-state index contributed by atoms with van der Waals surface area (Å²) in [4.78, 5) is 8.21. The highest BCUT2D eigenvalue weighted by atomic mass is 19.1. The largest absolute Gasteiger partial charge is 0.497 e. The number of halogens is 2. The molecule has 6 heteroatoms. The highest BCUT2D eigenvalue weighted by Crippen LogP contribution is 2.27. The molecule has 0 aliphatic carbocycles. The second-order valence-electron chi connectivity index (χ2n) is 4.35. The van der Waals surface area contributed by atoms with Crippen LogP contribution in [0.2, 0.25) is 0 Å². The number of nitrogens with zero attached hydrogens (tertiary/aromatic N) is 2. The molecule has 0 spiro atoms. The summed E-state index contributed by atoms with van der Waals surface area (Å²) < 4.78 is 32.1. The molecule has 3 aromatic rings. The maximum absolute atomic E-state index is 13.7. The summed E-state index contributed by atoms with van der Waals surface area (Å²) in [7, 11) is 1.55. The second-order valence-corrected chi connectivity index (χ2v) is 4.35. The topological polar surface area (TPSA) is 47.0 Å². The summed E-state index contributed by atoms with van der Waals surface area (Å²) in [6.07, 6.45) is 1.36. The van der Waals surface area contributed by atoms with E-state index in [1.54, 1.807) is 25.3 Å². The van der Waals surface area contributed by atoms with Gasteiger partial charge in [-0.25, -0.2) is 18.7 Å². The molecular weight excluding hydrogens is 276 g/mol. The molecule has 0 aliphatic rings. The Kier molecular flexibility index (Phi) is 3.35. The van der Waals surface area contributed by atoms with Crippen molar-refractivity contribution in [3.05, 3.63) is 54.4 Å². The Hall–Kier alpha value is -2.76. The molecule has 1 aromatic heterocycles. The highest BCUT2D eigenvalue weighted by Gasteiger charge is 2.09. The van der Waals surface area contributed by atoms with Crippen LogP contribution in [-0.2, 0) is 0 Å². The predicted octanol–water partition coefficient (Wildman–Crippen LogP) is 3.66. The Morgan fingerprint density at radius 1 is 1.05 bits per heavy atom. The molecule has 0 fully saturated rings. The number of rotatable bonds is 3. The fourth-order valence-corrected chi connectivity index (χ4v) is 1.98. The summed E-state index contributed by atoms with van der Waals surface area (Å²) >= 11 is 0. The number of hydrogen-bond acceptors (Lipinski definition) is 4. The number of hydrogen-bond donors (Lipinski definition) is 1. The van der Waals surface area contributed by atoms with Crippen molar-refractivity contribution in [1.29, 1.82) is 0 Å². The molecule has 3 rings (SSSR count). The van der Waals surface area contributed by atoms with Gasteiger partial charge in [-0.3, -0.25) is 0 Å². The standard InChI is InChI=1S/C15H11F2N3O/c1-21-10-3-5-13-11(7-10)15(19-8-18-13)20-14-6-9(16)2-4-12(14)17/h2-8H,1H3,(H,18,19,20). The van der Waals surface area contributed by atoms with E-state index >= 15 is 0 Å². The van der Waals surface area contributed by atoms with Crippen LogP contribution in [0, 0.1) is 11.6 Å². The van der Waals surface area contributed by atoms with Gasteiger partial charge in [0.25, 0.3) is 0 Å². The van der Waals surface area contributed by atoms with Crippen LogP contribution in [0.5, 0.6) is 5.75 Å². The molecule has 0 amide bonds. The number of anilines is 2. The Morgan fingerprint density at radius 3 is 2.71 bits per heavy atom. The molecule has 1 heterocycles. The van der Waals surface area contributed by atoms with E-state index in [1.807, 2.05) is 0 Å². The van der Waals surface area contributed by atoms with Gasteiger partial charge in [0.2, 0.25) is 0 Å². The molecule has 0 unspecified atom stereocenters. The van der Waals surface area contributed by atoms with Crippen molar-refractivity contribution in [1.82, 2.24) is 9.97 Å². The van der Waals surface area contributed by atoms with E-state index in [-0.39, 0.29) is 5.69 Å². The predicted molar refractivity (Wildman–Crippen MR) is 75.7 cm³/mol. The van der Waals surface area contributed by atoms with E-state index in [1.165, 1.54) is 6.33 Å². The van der Waals surface area contributed by atoms with Crippen LogP contribution in [0.4, 0.5) is 20.3 Å². The first-order valence-electron chi connectivity index (χ1n) is 6.18. The Bertz CT molecular complexity index is 808. The highest BCUT2D eigenvalue weighted by molar-refractivity contribution is 5.91. The number of fused-ring (bicyclic) bond motifs is 1. The summed E-state index contributed by atoms with van der Waals surface area (Å²) in [6, 6.07) is 8.45. The lowest BCUT2D eigenvalue weighted by atomic mass is 10.2. The zero-order chi connectivity index (χ0) is 14.8.